The summed E-state index contributed by atoms with van der Waals surface area (Å²) in [5, 5.41) is 8.25. The molecule has 0 unspecified atom stereocenters. The third kappa shape index (κ3) is 3.69. The first kappa shape index (κ1) is 20.1. The zero-order valence-corrected chi connectivity index (χ0v) is 18.2. The van der Waals surface area contributed by atoms with Crippen molar-refractivity contribution in [1.82, 2.24) is 14.8 Å². The van der Waals surface area contributed by atoms with Gasteiger partial charge in [-0.15, -0.1) is 0 Å². The maximum atomic E-state index is 13.9. The van der Waals surface area contributed by atoms with E-state index in [-0.39, 0.29) is 23.1 Å². The van der Waals surface area contributed by atoms with Crippen LogP contribution in [0, 0.1) is 17.2 Å². The molecule has 2 heterocycles. The molecule has 0 bridgehead atoms. The van der Waals surface area contributed by atoms with Gasteiger partial charge < -0.3 is 5.32 Å². The van der Waals surface area contributed by atoms with Gasteiger partial charge in [-0.05, 0) is 104 Å². The SMILES string of the molecule is O=C(Nc1ccc(-n2cccn2)cc1)[C@H]1CC12CCC(c1ccnc3ccc(F)cc13)CC2. The van der Waals surface area contributed by atoms with Crippen molar-refractivity contribution in [2.45, 2.75) is 38.0 Å². The number of rotatable bonds is 4. The monoisotopic (exact) mass is 440 g/mol. The highest BCUT2D eigenvalue weighted by Gasteiger charge is 2.58. The van der Waals surface area contributed by atoms with Gasteiger partial charge in [0, 0.05) is 35.6 Å². The number of benzene rings is 2. The topological polar surface area (TPSA) is 59.8 Å². The van der Waals surface area contributed by atoms with Gasteiger partial charge in [-0.1, -0.05) is 0 Å². The van der Waals surface area contributed by atoms with Gasteiger partial charge in [0.1, 0.15) is 5.82 Å². The molecule has 33 heavy (non-hydrogen) atoms. The van der Waals surface area contributed by atoms with Gasteiger partial charge in [0.15, 0.2) is 0 Å². The molecular weight excluding hydrogens is 415 g/mol. The molecule has 0 aliphatic heterocycles. The minimum absolute atomic E-state index is 0.0795. The zero-order valence-electron chi connectivity index (χ0n) is 18.2. The summed E-state index contributed by atoms with van der Waals surface area (Å²) in [5.41, 5.74) is 3.94. The zero-order chi connectivity index (χ0) is 22.4. The van der Waals surface area contributed by atoms with Crippen LogP contribution in [0.15, 0.2) is 73.2 Å². The Morgan fingerprint density at radius 2 is 1.88 bits per heavy atom. The Morgan fingerprint density at radius 1 is 1.06 bits per heavy atom. The van der Waals surface area contributed by atoms with Gasteiger partial charge in [-0.2, -0.15) is 5.10 Å². The van der Waals surface area contributed by atoms with Gasteiger partial charge in [0.25, 0.3) is 0 Å². The number of carbonyl (C=O) groups excluding carboxylic acids is 1. The number of hydrogen-bond donors (Lipinski definition) is 1. The molecule has 2 fully saturated rings. The fourth-order valence-electron chi connectivity index (χ4n) is 5.62. The second-order valence-electron chi connectivity index (χ2n) is 9.44. The first-order valence-corrected chi connectivity index (χ1v) is 11.6. The molecule has 4 aromatic rings. The molecule has 1 spiro atoms. The number of halogens is 1. The smallest absolute Gasteiger partial charge is 0.228 e. The Balaban J connectivity index is 1.10. The van der Waals surface area contributed by atoms with Crippen LogP contribution < -0.4 is 5.32 Å². The molecule has 1 amide bonds. The summed E-state index contributed by atoms with van der Waals surface area (Å²) in [5.74, 6) is 0.371. The Labute approximate surface area is 191 Å². The average Bonchev–Trinajstić information content (AvgIpc) is 3.26. The Hall–Kier alpha value is -3.54. The first-order chi connectivity index (χ1) is 16.1. The van der Waals surface area contributed by atoms with E-state index in [1.54, 1.807) is 23.0 Å². The van der Waals surface area contributed by atoms with Crippen LogP contribution in [0.25, 0.3) is 16.6 Å². The Kier molecular flexibility index (Phi) is 4.75. The summed E-state index contributed by atoms with van der Waals surface area (Å²) in [6.45, 7) is 0. The molecule has 6 heteroatoms. The number of aromatic nitrogens is 3. The van der Waals surface area contributed by atoms with Crippen molar-refractivity contribution in [2.75, 3.05) is 5.32 Å². The molecule has 5 nitrogen and oxygen atoms in total. The van der Waals surface area contributed by atoms with E-state index in [2.05, 4.69) is 15.4 Å². The summed E-state index contributed by atoms with van der Waals surface area (Å²) in [6.07, 6.45) is 10.5. The molecule has 2 aromatic heterocycles. The highest BCUT2D eigenvalue weighted by Crippen LogP contribution is 2.63. The van der Waals surface area contributed by atoms with E-state index in [0.29, 0.717) is 5.92 Å². The van der Waals surface area contributed by atoms with Gasteiger partial charge in [0.05, 0.1) is 11.2 Å². The van der Waals surface area contributed by atoms with Crippen LogP contribution in [0.3, 0.4) is 0 Å². The predicted octanol–water partition coefficient (Wildman–Crippen LogP) is 5.86. The van der Waals surface area contributed by atoms with E-state index >= 15 is 0 Å². The number of nitrogens with one attached hydrogen (secondary N) is 1. The largest absolute Gasteiger partial charge is 0.326 e. The molecule has 2 aliphatic rings. The lowest BCUT2D eigenvalue weighted by atomic mass is 9.75. The summed E-state index contributed by atoms with van der Waals surface area (Å²) in [7, 11) is 0. The first-order valence-electron chi connectivity index (χ1n) is 11.6. The molecule has 2 aromatic carbocycles. The van der Waals surface area contributed by atoms with Crippen molar-refractivity contribution in [3.63, 3.8) is 0 Å². The average molecular weight is 441 g/mol. The number of pyridine rings is 1. The molecule has 166 valence electrons. The molecule has 1 N–H and O–H groups in total. The standard InChI is InChI=1S/C27H25FN4O/c28-19-2-7-25-23(16-19)22(10-14-29-25)18-8-11-27(12-9-18)17-24(27)26(33)31-20-3-5-21(6-4-20)32-15-1-13-30-32/h1-7,10,13-16,18,24H,8-9,11-12,17H2,(H,31,33)/t18?,24-,27?/m1/s1. The molecule has 2 saturated carbocycles. The van der Waals surface area contributed by atoms with Crippen LogP contribution in [-0.2, 0) is 4.79 Å². The van der Waals surface area contributed by atoms with E-state index in [1.807, 2.05) is 48.8 Å². The van der Waals surface area contributed by atoms with E-state index in [4.69, 9.17) is 0 Å². The second-order valence-corrected chi connectivity index (χ2v) is 9.44. The fourth-order valence-corrected chi connectivity index (χ4v) is 5.62. The minimum Gasteiger partial charge on any atom is -0.326 e. The predicted molar refractivity (Wildman–Crippen MR) is 126 cm³/mol. The third-order valence-corrected chi connectivity index (χ3v) is 7.57. The number of hydrogen-bond acceptors (Lipinski definition) is 3. The lowest BCUT2D eigenvalue weighted by Crippen LogP contribution is -2.22. The highest BCUT2D eigenvalue weighted by atomic mass is 19.1. The number of anilines is 1. The molecular formula is C27H25FN4O. The quantitative estimate of drug-likeness (QED) is 0.432. The molecule has 2 aliphatic carbocycles. The van der Waals surface area contributed by atoms with Gasteiger partial charge >= 0.3 is 0 Å². The van der Waals surface area contributed by atoms with Crippen molar-refractivity contribution in [3.05, 3.63) is 84.6 Å². The number of carbonyl (C=O) groups is 1. The normalized spacial score (nSPS) is 24.2. The fraction of sp³-hybridized carbons (Fsp3) is 0.296. The van der Waals surface area contributed by atoms with E-state index in [0.717, 1.165) is 54.4 Å². The summed E-state index contributed by atoms with van der Waals surface area (Å²) in [6, 6.07) is 16.5. The van der Waals surface area contributed by atoms with Crippen molar-refractivity contribution in [2.24, 2.45) is 11.3 Å². The van der Waals surface area contributed by atoms with E-state index < -0.39 is 0 Å². The summed E-state index contributed by atoms with van der Waals surface area (Å²) in [4.78, 5) is 17.3. The lowest BCUT2D eigenvalue weighted by molar-refractivity contribution is -0.118. The summed E-state index contributed by atoms with van der Waals surface area (Å²) >= 11 is 0. The molecule has 1 atom stereocenters. The Bertz CT molecular complexity index is 1310. The molecule has 0 saturated heterocycles. The van der Waals surface area contributed by atoms with Crippen LogP contribution in [0.4, 0.5) is 10.1 Å². The van der Waals surface area contributed by atoms with Crippen LogP contribution in [-0.4, -0.2) is 20.7 Å². The molecule has 0 radical (unpaired) electrons. The van der Waals surface area contributed by atoms with Crippen molar-refractivity contribution >= 4 is 22.5 Å². The number of fused-ring (bicyclic) bond motifs is 1. The van der Waals surface area contributed by atoms with Gasteiger partial charge in [-0.3, -0.25) is 9.78 Å². The van der Waals surface area contributed by atoms with E-state index in [1.165, 1.54) is 11.6 Å². The van der Waals surface area contributed by atoms with Gasteiger partial charge in [0.2, 0.25) is 5.91 Å². The molecule has 6 rings (SSSR count). The number of nitrogens with zero attached hydrogens (tertiary/aromatic N) is 3. The van der Waals surface area contributed by atoms with Crippen LogP contribution in [0.5, 0.6) is 0 Å². The lowest BCUT2D eigenvalue weighted by Gasteiger charge is -2.30. The van der Waals surface area contributed by atoms with Crippen molar-refractivity contribution in [1.29, 1.82) is 0 Å². The maximum absolute atomic E-state index is 13.9. The number of amides is 1. The van der Waals surface area contributed by atoms with Crippen LogP contribution in [0.2, 0.25) is 0 Å². The van der Waals surface area contributed by atoms with Crippen molar-refractivity contribution < 1.29 is 9.18 Å². The van der Waals surface area contributed by atoms with Crippen LogP contribution >= 0.6 is 0 Å². The van der Waals surface area contributed by atoms with E-state index in [9.17, 15) is 9.18 Å². The van der Waals surface area contributed by atoms with Gasteiger partial charge in [-0.25, -0.2) is 9.07 Å². The maximum Gasteiger partial charge on any atom is 0.228 e. The Morgan fingerprint density at radius 3 is 2.64 bits per heavy atom. The summed E-state index contributed by atoms with van der Waals surface area (Å²) < 4.78 is 15.6. The third-order valence-electron chi connectivity index (χ3n) is 7.57. The second kappa shape index (κ2) is 7.80. The van der Waals surface area contributed by atoms with Crippen LogP contribution in [0.1, 0.15) is 43.6 Å². The highest BCUT2D eigenvalue weighted by molar-refractivity contribution is 5.95. The van der Waals surface area contributed by atoms with Crippen molar-refractivity contribution in [3.8, 4) is 5.69 Å². The minimum atomic E-state index is -0.222.